The van der Waals surface area contributed by atoms with Gasteiger partial charge in [-0.05, 0) is 36.6 Å². The van der Waals surface area contributed by atoms with E-state index in [0.717, 1.165) is 12.1 Å². The van der Waals surface area contributed by atoms with Crippen LogP contribution in [0.15, 0.2) is 36.4 Å². The first-order chi connectivity index (χ1) is 14.0. The molecular formula is C22H24ClFN2O3. The molecule has 0 unspecified atom stereocenters. The van der Waals surface area contributed by atoms with Crippen LogP contribution in [0.25, 0.3) is 0 Å². The van der Waals surface area contributed by atoms with Gasteiger partial charge in [0.25, 0.3) is 0 Å². The highest BCUT2D eigenvalue weighted by Gasteiger charge is 2.26. The molecule has 29 heavy (non-hydrogen) atoms. The maximum absolute atomic E-state index is 14.0. The maximum atomic E-state index is 14.0. The van der Waals surface area contributed by atoms with E-state index in [-0.39, 0.29) is 24.6 Å². The number of fused-ring (bicyclic) bond motifs is 1. The summed E-state index contributed by atoms with van der Waals surface area (Å²) in [5.74, 6) is 1.21. The lowest BCUT2D eigenvalue weighted by atomic mass is 10.1. The van der Waals surface area contributed by atoms with E-state index in [9.17, 15) is 9.18 Å². The van der Waals surface area contributed by atoms with E-state index in [1.54, 1.807) is 12.1 Å². The average Bonchev–Trinajstić information content (AvgIpc) is 3.07. The summed E-state index contributed by atoms with van der Waals surface area (Å²) in [4.78, 5) is 16.8. The van der Waals surface area contributed by atoms with Gasteiger partial charge in [-0.1, -0.05) is 29.8 Å². The molecule has 0 bridgehead atoms. The highest BCUT2D eigenvalue weighted by molar-refractivity contribution is 6.31. The molecule has 0 saturated carbocycles. The molecule has 2 heterocycles. The normalized spacial score (nSPS) is 18.0. The van der Waals surface area contributed by atoms with Crippen molar-refractivity contribution in [3.05, 3.63) is 58.4 Å². The van der Waals surface area contributed by atoms with Gasteiger partial charge in [0.05, 0.1) is 0 Å². The minimum Gasteiger partial charge on any atom is -0.454 e. The van der Waals surface area contributed by atoms with Crippen LogP contribution in [0.2, 0.25) is 5.02 Å². The van der Waals surface area contributed by atoms with E-state index in [4.69, 9.17) is 21.1 Å². The molecule has 1 atom stereocenters. The van der Waals surface area contributed by atoms with Crippen molar-refractivity contribution >= 4 is 17.5 Å². The van der Waals surface area contributed by atoms with Crippen LogP contribution in [0.5, 0.6) is 11.5 Å². The molecule has 0 aromatic heterocycles. The first kappa shape index (κ1) is 20.0. The van der Waals surface area contributed by atoms with Gasteiger partial charge in [0.2, 0.25) is 12.7 Å². The van der Waals surface area contributed by atoms with Gasteiger partial charge in [-0.2, -0.15) is 0 Å². The Labute approximate surface area is 175 Å². The predicted octanol–water partition coefficient (Wildman–Crippen LogP) is 3.87. The van der Waals surface area contributed by atoms with Crippen molar-refractivity contribution in [3.8, 4) is 11.5 Å². The first-order valence-corrected chi connectivity index (χ1v) is 10.2. The molecule has 7 heteroatoms. The summed E-state index contributed by atoms with van der Waals surface area (Å²) >= 11 is 6.38. The minimum absolute atomic E-state index is 0.0966. The quantitative estimate of drug-likeness (QED) is 0.739. The molecule has 2 aromatic carbocycles. The molecule has 1 amide bonds. The van der Waals surface area contributed by atoms with Crippen LogP contribution in [0, 0.1) is 5.82 Å². The summed E-state index contributed by atoms with van der Waals surface area (Å²) < 4.78 is 24.8. The van der Waals surface area contributed by atoms with E-state index in [1.165, 1.54) is 6.07 Å². The summed E-state index contributed by atoms with van der Waals surface area (Å²) in [6.07, 6.45) is 1.05. The largest absolute Gasteiger partial charge is 0.454 e. The minimum atomic E-state index is -0.177. The number of hydrogen-bond acceptors (Lipinski definition) is 4. The fraction of sp³-hybridized carbons (Fsp3) is 0.409. The monoisotopic (exact) mass is 418 g/mol. The molecule has 154 valence electrons. The third-order valence-corrected chi connectivity index (χ3v) is 5.97. The molecule has 2 aromatic rings. The molecular weight excluding hydrogens is 395 g/mol. The second-order valence-electron chi connectivity index (χ2n) is 7.54. The number of rotatable bonds is 5. The number of ether oxygens (including phenoxy) is 2. The van der Waals surface area contributed by atoms with Gasteiger partial charge >= 0.3 is 0 Å². The molecule has 5 nitrogen and oxygen atoms in total. The van der Waals surface area contributed by atoms with Crippen molar-refractivity contribution in [2.45, 2.75) is 32.4 Å². The lowest BCUT2D eigenvalue weighted by Gasteiger charge is -2.28. The smallest absolute Gasteiger partial charge is 0.231 e. The van der Waals surface area contributed by atoms with E-state index in [0.29, 0.717) is 54.6 Å². The van der Waals surface area contributed by atoms with Crippen molar-refractivity contribution in [2.24, 2.45) is 0 Å². The van der Waals surface area contributed by atoms with Crippen LogP contribution in [-0.2, 0) is 17.8 Å². The summed E-state index contributed by atoms with van der Waals surface area (Å²) in [5.41, 5.74) is 1.55. The van der Waals surface area contributed by atoms with Crippen LogP contribution >= 0.6 is 11.6 Å². The Hall–Kier alpha value is -2.31. The fourth-order valence-electron chi connectivity index (χ4n) is 3.89. The third kappa shape index (κ3) is 4.49. The van der Waals surface area contributed by atoms with E-state index in [2.05, 4.69) is 11.8 Å². The number of halogens is 2. The standard InChI is InChI=1S/C22H24ClFN2O3/c1-15(10-16-4-2-3-5-19(16)24)25-7-6-22(27)26(9-8-25)13-17-11-20-21(12-18(17)23)29-14-28-20/h2-5,11-12,15H,6-10,13-14H2,1H3/t15-/m0/s1. The Balaban J connectivity index is 1.41. The number of amides is 1. The van der Waals surface area contributed by atoms with E-state index in [1.807, 2.05) is 23.1 Å². The molecule has 2 aliphatic rings. The van der Waals surface area contributed by atoms with Gasteiger partial charge in [-0.25, -0.2) is 4.39 Å². The molecule has 0 aliphatic carbocycles. The summed E-state index contributed by atoms with van der Waals surface area (Å²) in [5, 5.41) is 0.566. The zero-order valence-electron chi connectivity index (χ0n) is 16.4. The van der Waals surface area contributed by atoms with Gasteiger partial charge in [0.15, 0.2) is 11.5 Å². The fourth-order valence-corrected chi connectivity index (χ4v) is 4.10. The molecule has 0 spiro atoms. The molecule has 0 N–H and O–H groups in total. The Kier molecular flexibility index (Phi) is 5.92. The van der Waals surface area contributed by atoms with Gasteiger partial charge in [0, 0.05) is 49.7 Å². The van der Waals surface area contributed by atoms with Crippen LogP contribution in [0.3, 0.4) is 0 Å². The maximum Gasteiger partial charge on any atom is 0.231 e. The zero-order chi connectivity index (χ0) is 20.4. The van der Waals surface area contributed by atoms with E-state index < -0.39 is 0 Å². The van der Waals surface area contributed by atoms with Crippen LogP contribution in [0.1, 0.15) is 24.5 Å². The third-order valence-electron chi connectivity index (χ3n) is 5.62. The number of hydrogen-bond donors (Lipinski definition) is 0. The predicted molar refractivity (Wildman–Crippen MR) is 109 cm³/mol. The number of benzene rings is 2. The first-order valence-electron chi connectivity index (χ1n) is 9.84. The second-order valence-corrected chi connectivity index (χ2v) is 7.95. The van der Waals surface area contributed by atoms with Crippen LogP contribution in [0.4, 0.5) is 4.39 Å². The van der Waals surface area contributed by atoms with Crippen molar-refractivity contribution in [3.63, 3.8) is 0 Å². The van der Waals surface area contributed by atoms with Gasteiger partial charge in [0.1, 0.15) is 5.82 Å². The lowest BCUT2D eigenvalue weighted by molar-refractivity contribution is -0.130. The SMILES string of the molecule is C[C@@H](Cc1ccccc1F)N1CCC(=O)N(Cc2cc3c(cc2Cl)OCO3)CC1. The lowest BCUT2D eigenvalue weighted by Crippen LogP contribution is -2.38. The molecule has 1 fully saturated rings. The molecule has 2 aliphatic heterocycles. The molecule has 1 saturated heterocycles. The van der Waals surface area contributed by atoms with Crippen LogP contribution in [-0.4, -0.2) is 48.2 Å². The average molecular weight is 419 g/mol. The number of carbonyl (C=O) groups is 1. The highest BCUT2D eigenvalue weighted by atomic mass is 35.5. The topological polar surface area (TPSA) is 42.0 Å². The van der Waals surface area contributed by atoms with Crippen LogP contribution < -0.4 is 9.47 Å². The van der Waals surface area contributed by atoms with Crippen molar-refractivity contribution in [1.82, 2.24) is 9.80 Å². The molecule has 0 radical (unpaired) electrons. The highest BCUT2D eigenvalue weighted by Crippen LogP contribution is 2.37. The number of nitrogens with zero attached hydrogens (tertiary/aromatic N) is 2. The Morgan fingerprint density at radius 3 is 2.66 bits per heavy atom. The van der Waals surface area contributed by atoms with Crippen molar-refractivity contribution < 1.29 is 18.7 Å². The van der Waals surface area contributed by atoms with Crippen molar-refractivity contribution in [2.75, 3.05) is 26.4 Å². The molecule has 4 rings (SSSR count). The summed E-state index contributed by atoms with van der Waals surface area (Å²) in [7, 11) is 0. The van der Waals surface area contributed by atoms with Crippen molar-refractivity contribution in [1.29, 1.82) is 0 Å². The van der Waals surface area contributed by atoms with Gasteiger partial charge in [-0.15, -0.1) is 0 Å². The Morgan fingerprint density at radius 2 is 1.86 bits per heavy atom. The summed E-state index contributed by atoms with van der Waals surface area (Å²) in [6.45, 7) is 4.71. The summed E-state index contributed by atoms with van der Waals surface area (Å²) in [6, 6.07) is 10.6. The zero-order valence-corrected chi connectivity index (χ0v) is 17.1. The van der Waals surface area contributed by atoms with E-state index >= 15 is 0 Å². The Bertz CT molecular complexity index is 908. The van der Waals surface area contributed by atoms with Gasteiger partial charge < -0.3 is 14.4 Å². The number of carbonyl (C=O) groups excluding carboxylic acids is 1. The van der Waals surface area contributed by atoms with Gasteiger partial charge in [-0.3, -0.25) is 9.69 Å². The Morgan fingerprint density at radius 1 is 1.10 bits per heavy atom. The second kappa shape index (κ2) is 8.59.